The molecule has 1 aromatic heterocycles. The Morgan fingerprint density at radius 1 is 1.27 bits per heavy atom. The number of nitrogens with zero attached hydrogens (tertiary/aromatic N) is 2. The zero-order valence-electron chi connectivity index (χ0n) is 14.3. The highest BCUT2D eigenvalue weighted by Gasteiger charge is 2.23. The molecule has 0 fully saturated rings. The van der Waals surface area contributed by atoms with E-state index in [0.717, 1.165) is 16.1 Å². The first kappa shape index (κ1) is 18.4. The lowest BCUT2D eigenvalue weighted by atomic mass is 9.88. The van der Waals surface area contributed by atoms with Crippen molar-refractivity contribution in [2.75, 3.05) is 7.05 Å². The number of aromatic hydroxyl groups is 1. The van der Waals surface area contributed by atoms with Gasteiger partial charge in [-0.1, -0.05) is 41.9 Å². The Hall–Kier alpha value is -2.37. The van der Waals surface area contributed by atoms with Gasteiger partial charge in [0.05, 0.1) is 6.54 Å². The predicted molar refractivity (Wildman–Crippen MR) is 105 cm³/mol. The van der Waals surface area contributed by atoms with Gasteiger partial charge >= 0.3 is 0 Å². The quantitative estimate of drug-likeness (QED) is 0.669. The lowest BCUT2D eigenvalue weighted by Crippen LogP contribution is -2.27. The van der Waals surface area contributed by atoms with Crippen molar-refractivity contribution >= 4 is 28.8 Å². The molecule has 0 aliphatic heterocycles. The summed E-state index contributed by atoms with van der Waals surface area (Å²) in [6.45, 7) is 0.478. The molecule has 0 radical (unpaired) electrons. The summed E-state index contributed by atoms with van der Waals surface area (Å²) in [6.07, 6.45) is 1.99. The average Bonchev–Trinajstić information content (AvgIpc) is 3.13. The van der Waals surface area contributed by atoms with Crippen molar-refractivity contribution in [1.82, 2.24) is 9.88 Å². The first-order valence-corrected chi connectivity index (χ1v) is 9.46. The molecule has 26 heavy (non-hydrogen) atoms. The minimum Gasteiger partial charge on any atom is -0.508 e. The summed E-state index contributed by atoms with van der Waals surface area (Å²) in [5.74, 6) is -0.0707. The number of thiazole rings is 1. The Balaban J connectivity index is 1.86. The number of hydrogen-bond donors (Lipinski definition) is 1. The number of hydrogen-bond acceptors (Lipinski definition) is 4. The molecule has 3 aromatic rings. The third-order valence-corrected chi connectivity index (χ3v) is 5.32. The summed E-state index contributed by atoms with van der Waals surface area (Å²) in [5.41, 5.74) is 1.73. The van der Waals surface area contributed by atoms with E-state index >= 15 is 0 Å². The number of halogens is 1. The number of aromatic nitrogens is 1. The number of phenolic OH excluding ortho intramolecular Hbond substituents is 1. The Bertz CT molecular complexity index is 883. The van der Waals surface area contributed by atoms with Crippen LogP contribution in [0.3, 0.4) is 0 Å². The van der Waals surface area contributed by atoms with Gasteiger partial charge in [-0.05, 0) is 29.3 Å². The van der Waals surface area contributed by atoms with Gasteiger partial charge in [-0.15, -0.1) is 11.3 Å². The van der Waals surface area contributed by atoms with Crippen LogP contribution in [0.25, 0.3) is 0 Å². The maximum Gasteiger partial charge on any atom is 0.223 e. The molecule has 6 heteroatoms. The van der Waals surface area contributed by atoms with Crippen LogP contribution in [0.2, 0.25) is 5.02 Å². The maximum atomic E-state index is 12.8. The number of amides is 1. The Morgan fingerprint density at radius 3 is 2.77 bits per heavy atom. The molecule has 2 aromatic carbocycles. The van der Waals surface area contributed by atoms with Crippen LogP contribution < -0.4 is 0 Å². The van der Waals surface area contributed by atoms with Gasteiger partial charge in [0, 0.05) is 36.0 Å². The number of carbonyl (C=O) groups excluding carboxylic acids is 1. The van der Waals surface area contributed by atoms with Gasteiger partial charge in [0.1, 0.15) is 10.8 Å². The topological polar surface area (TPSA) is 53.4 Å². The smallest absolute Gasteiger partial charge is 0.223 e. The van der Waals surface area contributed by atoms with Crippen molar-refractivity contribution in [3.63, 3.8) is 0 Å². The third kappa shape index (κ3) is 4.42. The van der Waals surface area contributed by atoms with E-state index in [0.29, 0.717) is 11.6 Å². The van der Waals surface area contributed by atoms with Crippen molar-refractivity contribution in [2.24, 2.45) is 0 Å². The van der Waals surface area contributed by atoms with E-state index in [2.05, 4.69) is 4.98 Å². The van der Waals surface area contributed by atoms with Gasteiger partial charge in [-0.2, -0.15) is 0 Å². The molecular weight excluding hydrogens is 368 g/mol. The Morgan fingerprint density at radius 2 is 2.08 bits per heavy atom. The van der Waals surface area contributed by atoms with Crippen molar-refractivity contribution in [3.8, 4) is 5.75 Å². The van der Waals surface area contributed by atoms with E-state index in [9.17, 15) is 9.90 Å². The molecule has 0 aliphatic rings. The monoisotopic (exact) mass is 386 g/mol. The molecule has 134 valence electrons. The summed E-state index contributed by atoms with van der Waals surface area (Å²) in [5, 5.41) is 13.3. The Kier molecular flexibility index (Phi) is 5.91. The first-order valence-electron chi connectivity index (χ1n) is 8.20. The minimum absolute atomic E-state index is 0.00605. The summed E-state index contributed by atoms with van der Waals surface area (Å²) in [6, 6.07) is 14.5. The van der Waals surface area contributed by atoms with Crippen LogP contribution in [0.15, 0.2) is 60.1 Å². The molecule has 0 bridgehead atoms. The number of rotatable bonds is 6. The van der Waals surface area contributed by atoms with Gasteiger partial charge in [0.15, 0.2) is 0 Å². The molecule has 1 atom stereocenters. The zero-order chi connectivity index (χ0) is 18.5. The van der Waals surface area contributed by atoms with Crippen molar-refractivity contribution < 1.29 is 9.90 Å². The van der Waals surface area contributed by atoms with E-state index in [4.69, 9.17) is 11.6 Å². The highest BCUT2D eigenvalue weighted by Crippen LogP contribution is 2.34. The van der Waals surface area contributed by atoms with E-state index < -0.39 is 0 Å². The molecule has 3 rings (SSSR count). The van der Waals surface area contributed by atoms with Crippen LogP contribution in [-0.2, 0) is 11.3 Å². The fourth-order valence-electron chi connectivity index (χ4n) is 2.86. The zero-order valence-corrected chi connectivity index (χ0v) is 15.9. The molecule has 4 nitrogen and oxygen atoms in total. The Labute approximate surface area is 161 Å². The average molecular weight is 387 g/mol. The van der Waals surface area contributed by atoms with Crippen LogP contribution in [-0.4, -0.2) is 27.9 Å². The van der Waals surface area contributed by atoms with Gasteiger partial charge < -0.3 is 10.0 Å². The van der Waals surface area contributed by atoms with E-state index in [1.54, 1.807) is 36.3 Å². The largest absolute Gasteiger partial charge is 0.508 e. The van der Waals surface area contributed by atoms with Gasteiger partial charge in [0.25, 0.3) is 0 Å². The van der Waals surface area contributed by atoms with Crippen molar-refractivity contribution in [1.29, 1.82) is 0 Å². The minimum atomic E-state index is -0.234. The fourth-order valence-corrected chi connectivity index (χ4v) is 3.80. The second kappa shape index (κ2) is 8.34. The fraction of sp³-hybridized carbons (Fsp3) is 0.200. The summed E-state index contributed by atoms with van der Waals surface area (Å²) >= 11 is 7.92. The number of carbonyl (C=O) groups is 1. The molecule has 1 N–H and O–H groups in total. The standard InChI is InChI=1S/C20H19ClN2O2S/c1-23(13-19-22-9-10-26-19)20(25)12-17(14-5-4-6-15(24)11-14)16-7-2-3-8-18(16)21/h2-11,17,24H,12-13H2,1H3. The van der Waals surface area contributed by atoms with Crippen LogP contribution >= 0.6 is 22.9 Å². The van der Waals surface area contributed by atoms with Gasteiger partial charge in [0.2, 0.25) is 5.91 Å². The molecule has 1 unspecified atom stereocenters. The molecule has 0 saturated carbocycles. The maximum absolute atomic E-state index is 12.8. The van der Waals surface area contributed by atoms with E-state index in [1.807, 2.05) is 35.7 Å². The second-order valence-electron chi connectivity index (χ2n) is 6.05. The molecule has 0 saturated heterocycles. The van der Waals surface area contributed by atoms with Crippen LogP contribution in [0.5, 0.6) is 5.75 Å². The molecule has 0 aliphatic carbocycles. The molecule has 0 spiro atoms. The lowest BCUT2D eigenvalue weighted by Gasteiger charge is -2.23. The van der Waals surface area contributed by atoms with E-state index in [-0.39, 0.29) is 24.0 Å². The predicted octanol–water partition coefficient (Wildman–Crippen LogP) is 4.68. The summed E-state index contributed by atoms with van der Waals surface area (Å²) < 4.78 is 0. The van der Waals surface area contributed by atoms with Crippen molar-refractivity contribution in [3.05, 3.63) is 81.3 Å². The summed E-state index contributed by atoms with van der Waals surface area (Å²) in [7, 11) is 1.77. The SMILES string of the molecule is CN(Cc1nccs1)C(=O)CC(c1cccc(O)c1)c1ccccc1Cl. The summed E-state index contributed by atoms with van der Waals surface area (Å²) in [4.78, 5) is 18.7. The van der Waals surface area contributed by atoms with E-state index in [1.165, 1.54) is 11.3 Å². The van der Waals surface area contributed by atoms with Gasteiger partial charge in [-0.25, -0.2) is 4.98 Å². The lowest BCUT2D eigenvalue weighted by molar-refractivity contribution is -0.130. The highest BCUT2D eigenvalue weighted by molar-refractivity contribution is 7.09. The highest BCUT2D eigenvalue weighted by atomic mass is 35.5. The molecular formula is C20H19ClN2O2S. The molecule has 1 amide bonds. The molecule has 1 heterocycles. The first-order chi connectivity index (χ1) is 12.5. The number of benzene rings is 2. The normalized spacial score (nSPS) is 11.9. The van der Waals surface area contributed by atoms with Crippen LogP contribution in [0.1, 0.15) is 28.5 Å². The number of phenols is 1. The second-order valence-corrected chi connectivity index (χ2v) is 7.44. The third-order valence-electron chi connectivity index (χ3n) is 4.21. The van der Waals surface area contributed by atoms with Crippen molar-refractivity contribution in [2.45, 2.75) is 18.9 Å². The van der Waals surface area contributed by atoms with Crippen LogP contribution in [0, 0.1) is 0 Å². The van der Waals surface area contributed by atoms with Crippen LogP contribution in [0.4, 0.5) is 0 Å². The van der Waals surface area contributed by atoms with Gasteiger partial charge in [-0.3, -0.25) is 4.79 Å².